The third-order valence-electron chi connectivity index (χ3n) is 6.21. The van der Waals surface area contributed by atoms with Crippen LogP contribution in [0.15, 0.2) is 83.9 Å². The summed E-state index contributed by atoms with van der Waals surface area (Å²) in [7, 11) is -3.60. The van der Waals surface area contributed by atoms with Crippen molar-refractivity contribution in [2.75, 3.05) is 23.3 Å². The molecule has 0 fully saturated rings. The number of aromatic nitrogens is 1. The first-order chi connectivity index (χ1) is 16.8. The van der Waals surface area contributed by atoms with E-state index in [0.29, 0.717) is 10.9 Å². The van der Waals surface area contributed by atoms with Gasteiger partial charge in [-0.1, -0.05) is 48.5 Å². The Kier molecular flexibility index (Phi) is 7.26. The molecule has 3 aromatic carbocycles. The molecular weight excluding hydrogens is 458 g/mol. The van der Waals surface area contributed by atoms with Gasteiger partial charge in [0.1, 0.15) is 6.54 Å². The van der Waals surface area contributed by atoms with Crippen LogP contribution in [-0.2, 0) is 26.9 Å². The molecule has 1 heterocycles. The van der Waals surface area contributed by atoms with Crippen LogP contribution in [0.25, 0.3) is 10.9 Å². The van der Waals surface area contributed by atoms with Crippen LogP contribution in [0.5, 0.6) is 0 Å². The Balaban J connectivity index is 1.58. The normalized spacial score (nSPS) is 11.5. The zero-order valence-corrected chi connectivity index (χ0v) is 21.2. The SMILES string of the molecule is CCN(CC)c1ccc(NC(=O)Cn2cc(S(=O)(=O)Cc3ccccc3)c3ccccc32)c(C)c1. The van der Waals surface area contributed by atoms with Crippen molar-refractivity contribution in [3.05, 3.63) is 90.1 Å². The molecule has 4 aromatic rings. The highest BCUT2D eigenvalue weighted by atomic mass is 32.2. The molecule has 0 spiro atoms. The minimum Gasteiger partial charge on any atom is -0.372 e. The largest absolute Gasteiger partial charge is 0.372 e. The standard InChI is InChI=1S/C28H31N3O3S/c1-4-30(5-2)23-15-16-25(21(3)17-23)29-28(32)19-31-18-27(24-13-9-10-14-26(24)31)35(33,34)20-22-11-7-6-8-12-22/h6-18H,4-5,19-20H2,1-3H3,(H,29,32). The molecule has 6 nitrogen and oxygen atoms in total. The molecule has 7 heteroatoms. The summed E-state index contributed by atoms with van der Waals surface area (Å²) in [6.07, 6.45) is 1.58. The molecule has 0 aliphatic heterocycles. The van der Waals surface area contributed by atoms with Crippen LogP contribution < -0.4 is 10.2 Å². The van der Waals surface area contributed by atoms with Crippen LogP contribution in [0, 0.1) is 6.92 Å². The van der Waals surface area contributed by atoms with Crippen LogP contribution in [0.1, 0.15) is 25.0 Å². The number of hydrogen-bond donors (Lipinski definition) is 1. The molecule has 1 aromatic heterocycles. The minimum absolute atomic E-state index is 0.0125. The Hall–Kier alpha value is -3.58. The van der Waals surface area contributed by atoms with Gasteiger partial charge in [-0.15, -0.1) is 0 Å². The van der Waals surface area contributed by atoms with Crippen LogP contribution >= 0.6 is 0 Å². The topological polar surface area (TPSA) is 71.4 Å². The number of nitrogens with zero attached hydrogens (tertiary/aromatic N) is 2. The molecule has 0 unspecified atom stereocenters. The van der Waals surface area contributed by atoms with E-state index in [1.54, 1.807) is 29.0 Å². The molecule has 1 amide bonds. The average molecular weight is 490 g/mol. The minimum atomic E-state index is -3.60. The Morgan fingerprint density at radius 2 is 1.63 bits per heavy atom. The fraction of sp³-hybridized carbons (Fsp3) is 0.250. The molecule has 0 radical (unpaired) electrons. The second-order valence-corrected chi connectivity index (χ2v) is 10.6. The molecule has 0 saturated heterocycles. The third-order valence-corrected chi connectivity index (χ3v) is 7.92. The van der Waals surface area contributed by atoms with Gasteiger partial charge in [0.05, 0.1) is 10.6 Å². The molecule has 0 aliphatic rings. The summed E-state index contributed by atoms with van der Waals surface area (Å²) in [5.74, 6) is -0.303. The quantitative estimate of drug-likeness (QED) is 0.341. The van der Waals surface area contributed by atoms with Gasteiger partial charge in [-0.3, -0.25) is 4.79 Å². The molecule has 0 aliphatic carbocycles. The maximum Gasteiger partial charge on any atom is 0.244 e. The maximum absolute atomic E-state index is 13.3. The first-order valence-electron chi connectivity index (χ1n) is 11.8. The second-order valence-electron chi connectivity index (χ2n) is 8.60. The molecular formula is C28H31N3O3S. The number of fused-ring (bicyclic) bond motifs is 1. The van der Waals surface area contributed by atoms with Crippen molar-refractivity contribution >= 4 is 38.0 Å². The van der Waals surface area contributed by atoms with Gasteiger partial charge in [-0.2, -0.15) is 0 Å². The zero-order chi connectivity index (χ0) is 25.0. The van der Waals surface area contributed by atoms with Gasteiger partial charge in [0.2, 0.25) is 5.91 Å². The van der Waals surface area contributed by atoms with Gasteiger partial charge in [-0.05, 0) is 56.2 Å². The molecule has 1 N–H and O–H groups in total. The van der Waals surface area contributed by atoms with Gasteiger partial charge in [-0.25, -0.2) is 8.42 Å². The number of carbonyl (C=O) groups is 1. The smallest absolute Gasteiger partial charge is 0.244 e. The molecule has 4 rings (SSSR count). The number of hydrogen-bond acceptors (Lipinski definition) is 4. The Morgan fingerprint density at radius 3 is 2.31 bits per heavy atom. The van der Waals surface area contributed by atoms with Crippen molar-refractivity contribution < 1.29 is 13.2 Å². The second kappa shape index (κ2) is 10.4. The van der Waals surface area contributed by atoms with Crippen LogP contribution in [0.3, 0.4) is 0 Å². The van der Waals surface area contributed by atoms with Crippen molar-refractivity contribution in [2.45, 2.75) is 38.0 Å². The van der Waals surface area contributed by atoms with Gasteiger partial charge in [0.15, 0.2) is 9.84 Å². The summed E-state index contributed by atoms with van der Waals surface area (Å²) in [6, 6.07) is 22.4. The summed E-state index contributed by atoms with van der Waals surface area (Å²) in [5.41, 5.74) is 4.29. The van der Waals surface area contributed by atoms with E-state index in [9.17, 15) is 13.2 Å². The lowest BCUT2D eigenvalue weighted by Gasteiger charge is -2.22. The number of nitrogens with one attached hydrogen (secondary N) is 1. The van der Waals surface area contributed by atoms with E-state index in [1.807, 2.05) is 55.5 Å². The van der Waals surface area contributed by atoms with Crippen molar-refractivity contribution in [1.82, 2.24) is 4.57 Å². The number of benzene rings is 3. The van der Waals surface area contributed by atoms with E-state index in [-0.39, 0.29) is 23.1 Å². The molecule has 35 heavy (non-hydrogen) atoms. The van der Waals surface area contributed by atoms with Crippen molar-refractivity contribution in [3.63, 3.8) is 0 Å². The number of aryl methyl sites for hydroxylation is 1. The van der Waals surface area contributed by atoms with Gasteiger partial charge < -0.3 is 14.8 Å². The fourth-order valence-electron chi connectivity index (χ4n) is 4.38. The highest BCUT2D eigenvalue weighted by Gasteiger charge is 2.22. The first-order valence-corrected chi connectivity index (χ1v) is 13.5. The number of amides is 1. The van der Waals surface area contributed by atoms with E-state index in [4.69, 9.17) is 0 Å². The summed E-state index contributed by atoms with van der Waals surface area (Å²) < 4.78 is 28.2. The Bertz CT molecular complexity index is 1440. The number of anilines is 2. The Labute approximate surface area is 207 Å². The summed E-state index contributed by atoms with van der Waals surface area (Å²) in [5, 5.41) is 3.61. The summed E-state index contributed by atoms with van der Waals surface area (Å²) >= 11 is 0. The highest BCUT2D eigenvalue weighted by Crippen LogP contribution is 2.28. The van der Waals surface area contributed by atoms with E-state index in [2.05, 4.69) is 30.1 Å². The summed E-state index contributed by atoms with van der Waals surface area (Å²) in [4.78, 5) is 15.5. The monoisotopic (exact) mass is 489 g/mol. The number of sulfone groups is 1. The number of para-hydroxylation sites is 1. The molecule has 0 bridgehead atoms. The predicted molar refractivity (Wildman–Crippen MR) is 143 cm³/mol. The van der Waals surface area contributed by atoms with Crippen molar-refractivity contribution in [2.24, 2.45) is 0 Å². The van der Waals surface area contributed by atoms with Crippen molar-refractivity contribution in [1.29, 1.82) is 0 Å². The fourth-order valence-corrected chi connectivity index (χ4v) is 5.96. The third kappa shape index (κ3) is 5.41. The van der Waals surface area contributed by atoms with Crippen LogP contribution in [0.4, 0.5) is 11.4 Å². The predicted octanol–water partition coefficient (Wildman–Crippen LogP) is 5.41. The number of carbonyl (C=O) groups excluding carboxylic acids is 1. The average Bonchev–Trinajstić information content (AvgIpc) is 3.21. The maximum atomic E-state index is 13.3. The first kappa shape index (κ1) is 24.5. The molecule has 0 saturated carbocycles. The van der Waals surface area contributed by atoms with Gasteiger partial charge in [0.25, 0.3) is 0 Å². The van der Waals surface area contributed by atoms with E-state index in [1.165, 1.54) is 0 Å². The van der Waals surface area contributed by atoms with Gasteiger partial charge in [0, 0.05) is 41.6 Å². The lowest BCUT2D eigenvalue weighted by Crippen LogP contribution is -2.22. The number of rotatable bonds is 9. The lowest BCUT2D eigenvalue weighted by atomic mass is 10.1. The molecule has 182 valence electrons. The van der Waals surface area contributed by atoms with E-state index < -0.39 is 9.84 Å². The van der Waals surface area contributed by atoms with Crippen LogP contribution in [0.2, 0.25) is 0 Å². The highest BCUT2D eigenvalue weighted by molar-refractivity contribution is 7.90. The lowest BCUT2D eigenvalue weighted by molar-refractivity contribution is -0.116. The Morgan fingerprint density at radius 1 is 0.943 bits per heavy atom. The van der Waals surface area contributed by atoms with Crippen molar-refractivity contribution in [3.8, 4) is 0 Å². The van der Waals surface area contributed by atoms with E-state index in [0.717, 1.165) is 35.6 Å². The van der Waals surface area contributed by atoms with Crippen LogP contribution in [-0.4, -0.2) is 32.0 Å². The summed E-state index contributed by atoms with van der Waals surface area (Å²) in [6.45, 7) is 8.05. The zero-order valence-electron chi connectivity index (χ0n) is 20.4. The van der Waals surface area contributed by atoms with Gasteiger partial charge >= 0.3 is 0 Å². The molecule has 0 atom stereocenters. The van der Waals surface area contributed by atoms with E-state index >= 15 is 0 Å².